The SMILES string of the molecule is COCCNCCOc1cc(-c2nc(N)nc3sc(C(=O)O)cc23)c(Cl)cc1Cl. The zero-order chi connectivity index (χ0) is 21.0. The molecule has 154 valence electrons. The van der Waals surface area contributed by atoms with Crippen LogP contribution in [0.15, 0.2) is 18.2 Å². The van der Waals surface area contributed by atoms with Gasteiger partial charge in [-0.1, -0.05) is 23.2 Å². The van der Waals surface area contributed by atoms with Gasteiger partial charge in [0.15, 0.2) is 0 Å². The van der Waals surface area contributed by atoms with E-state index >= 15 is 0 Å². The number of nitrogen functional groups attached to an aromatic ring is 1. The summed E-state index contributed by atoms with van der Waals surface area (Å²) in [5.74, 6) is -0.606. The van der Waals surface area contributed by atoms with Gasteiger partial charge in [0, 0.05) is 31.1 Å². The first-order valence-electron chi connectivity index (χ1n) is 8.53. The number of nitrogens with one attached hydrogen (secondary N) is 1. The lowest BCUT2D eigenvalue weighted by atomic mass is 10.1. The van der Waals surface area contributed by atoms with Crippen molar-refractivity contribution in [3.8, 4) is 17.0 Å². The predicted octanol–water partition coefficient (Wildman–Crippen LogP) is 3.56. The largest absolute Gasteiger partial charge is 0.491 e. The molecule has 0 spiro atoms. The van der Waals surface area contributed by atoms with Crippen LogP contribution in [0.2, 0.25) is 10.0 Å². The summed E-state index contributed by atoms with van der Waals surface area (Å²) in [5, 5.41) is 13.7. The van der Waals surface area contributed by atoms with E-state index in [9.17, 15) is 9.90 Å². The molecule has 0 saturated carbocycles. The normalized spacial score (nSPS) is 11.1. The number of carbonyl (C=O) groups is 1. The van der Waals surface area contributed by atoms with Crippen LogP contribution in [0.5, 0.6) is 5.75 Å². The van der Waals surface area contributed by atoms with Gasteiger partial charge in [-0.2, -0.15) is 0 Å². The number of hydrogen-bond acceptors (Lipinski definition) is 8. The number of aromatic nitrogens is 2. The molecule has 0 aliphatic carbocycles. The molecule has 8 nitrogen and oxygen atoms in total. The standard InChI is InChI=1S/C18H18Cl2N4O4S/c1-27-4-2-22-3-5-28-13-6-9(11(19)8-12(13)20)15-10-7-14(17(25)26)29-16(10)24-18(21)23-15/h6-8,22H,2-5H2,1H3,(H,25,26)(H2,21,23,24). The number of nitrogens with zero attached hydrogens (tertiary/aromatic N) is 2. The maximum absolute atomic E-state index is 11.3. The van der Waals surface area contributed by atoms with Gasteiger partial charge in [-0.25, -0.2) is 14.8 Å². The molecule has 0 amide bonds. The van der Waals surface area contributed by atoms with Crippen molar-refractivity contribution in [2.45, 2.75) is 0 Å². The summed E-state index contributed by atoms with van der Waals surface area (Å²) < 4.78 is 10.7. The number of methoxy groups -OCH3 is 1. The summed E-state index contributed by atoms with van der Waals surface area (Å²) in [5.41, 5.74) is 6.76. The number of ether oxygens (including phenoxy) is 2. The molecule has 0 aliphatic heterocycles. The summed E-state index contributed by atoms with van der Waals surface area (Å²) in [6.07, 6.45) is 0. The number of carboxylic acids is 1. The fraction of sp³-hybridized carbons (Fsp3) is 0.278. The maximum atomic E-state index is 11.3. The smallest absolute Gasteiger partial charge is 0.345 e. The number of anilines is 1. The van der Waals surface area contributed by atoms with Gasteiger partial charge in [0.1, 0.15) is 22.1 Å². The summed E-state index contributed by atoms with van der Waals surface area (Å²) >= 11 is 13.7. The second-order valence-electron chi connectivity index (χ2n) is 5.92. The zero-order valence-corrected chi connectivity index (χ0v) is 17.7. The lowest BCUT2D eigenvalue weighted by Crippen LogP contribution is -2.24. The van der Waals surface area contributed by atoms with Crippen molar-refractivity contribution >= 4 is 56.7 Å². The first-order valence-corrected chi connectivity index (χ1v) is 10.1. The van der Waals surface area contributed by atoms with Gasteiger partial charge in [-0.15, -0.1) is 11.3 Å². The Balaban J connectivity index is 1.93. The number of thiophene rings is 1. The van der Waals surface area contributed by atoms with Crippen molar-refractivity contribution in [3.05, 3.63) is 33.1 Å². The minimum Gasteiger partial charge on any atom is -0.491 e. The molecule has 2 aromatic heterocycles. The van der Waals surface area contributed by atoms with Crippen LogP contribution in [0.4, 0.5) is 5.95 Å². The van der Waals surface area contributed by atoms with Crippen LogP contribution in [0.25, 0.3) is 21.5 Å². The molecule has 0 saturated heterocycles. The van der Waals surface area contributed by atoms with E-state index < -0.39 is 5.97 Å². The fourth-order valence-electron chi connectivity index (χ4n) is 2.60. The van der Waals surface area contributed by atoms with Crippen LogP contribution >= 0.6 is 34.5 Å². The van der Waals surface area contributed by atoms with E-state index in [4.69, 9.17) is 38.4 Å². The van der Waals surface area contributed by atoms with E-state index in [0.717, 1.165) is 11.3 Å². The lowest BCUT2D eigenvalue weighted by molar-refractivity contribution is 0.0702. The van der Waals surface area contributed by atoms with Crippen LogP contribution in [0.1, 0.15) is 9.67 Å². The highest BCUT2D eigenvalue weighted by Crippen LogP contribution is 2.40. The molecule has 0 bridgehead atoms. The van der Waals surface area contributed by atoms with Crippen molar-refractivity contribution < 1.29 is 19.4 Å². The van der Waals surface area contributed by atoms with Gasteiger partial charge < -0.3 is 25.6 Å². The highest BCUT2D eigenvalue weighted by atomic mass is 35.5. The van der Waals surface area contributed by atoms with E-state index in [0.29, 0.717) is 63.6 Å². The van der Waals surface area contributed by atoms with Gasteiger partial charge in [0.25, 0.3) is 0 Å². The van der Waals surface area contributed by atoms with Crippen LogP contribution in [-0.2, 0) is 4.74 Å². The molecule has 0 atom stereocenters. The number of halogens is 2. The molecule has 29 heavy (non-hydrogen) atoms. The Morgan fingerprint density at radius 1 is 1.21 bits per heavy atom. The summed E-state index contributed by atoms with van der Waals surface area (Å²) in [6.45, 7) is 2.31. The molecule has 0 aliphatic rings. The zero-order valence-electron chi connectivity index (χ0n) is 15.4. The number of carboxylic acid groups (broad SMARTS) is 1. The Kier molecular flexibility index (Phi) is 7.09. The number of hydrogen-bond donors (Lipinski definition) is 3. The minimum atomic E-state index is -1.05. The van der Waals surface area contributed by atoms with Gasteiger partial charge in [-0.05, 0) is 18.2 Å². The van der Waals surface area contributed by atoms with E-state index in [-0.39, 0.29) is 10.8 Å². The monoisotopic (exact) mass is 456 g/mol. The Hall–Kier alpha value is -2.17. The lowest BCUT2D eigenvalue weighted by Gasteiger charge is -2.13. The molecule has 1 aromatic carbocycles. The van der Waals surface area contributed by atoms with E-state index in [1.54, 1.807) is 19.2 Å². The van der Waals surface area contributed by atoms with Crippen molar-refractivity contribution in [2.75, 3.05) is 39.1 Å². The summed E-state index contributed by atoms with van der Waals surface area (Å²) in [7, 11) is 1.64. The number of benzene rings is 1. The highest BCUT2D eigenvalue weighted by molar-refractivity contribution is 7.20. The van der Waals surface area contributed by atoms with Crippen LogP contribution in [-0.4, -0.2) is 54.5 Å². The van der Waals surface area contributed by atoms with E-state index in [1.165, 1.54) is 6.07 Å². The second-order valence-corrected chi connectivity index (χ2v) is 7.76. The molecule has 0 radical (unpaired) electrons. The Labute approximate surface area is 180 Å². The molecule has 0 fully saturated rings. The van der Waals surface area contributed by atoms with E-state index in [2.05, 4.69) is 15.3 Å². The first-order chi connectivity index (χ1) is 13.9. The van der Waals surface area contributed by atoms with Crippen molar-refractivity contribution in [1.29, 1.82) is 0 Å². The summed E-state index contributed by atoms with van der Waals surface area (Å²) in [6, 6.07) is 4.72. The fourth-order valence-corrected chi connectivity index (χ4v) is 4.01. The van der Waals surface area contributed by atoms with Crippen molar-refractivity contribution in [1.82, 2.24) is 15.3 Å². The van der Waals surface area contributed by atoms with Crippen molar-refractivity contribution in [2.24, 2.45) is 0 Å². The predicted molar refractivity (Wildman–Crippen MR) is 114 cm³/mol. The molecule has 4 N–H and O–H groups in total. The molecular weight excluding hydrogens is 439 g/mol. The van der Waals surface area contributed by atoms with E-state index in [1.807, 2.05) is 0 Å². The summed E-state index contributed by atoms with van der Waals surface area (Å²) in [4.78, 5) is 20.3. The number of aromatic carboxylic acids is 1. The number of fused-ring (bicyclic) bond motifs is 1. The van der Waals surface area contributed by atoms with Crippen molar-refractivity contribution in [3.63, 3.8) is 0 Å². The minimum absolute atomic E-state index is 0.0158. The number of rotatable bonds is 9. The van der Waals surface area contributed by atoms with Crippen LogP contribution < -0.4 is 15.8 Å². The molecular formula is C18H18Cl2N4O4S. The topological polar surface area (TPSA) is 120 Å². The Morgan fingerprint density at radius 2 is 1.97 bits per heavy atom. The molecule has 3 rings (SSSR count). The molecule has 11 heteroatoms. The van der Waals surface area contributed by atoms with Crippen LogP contribution in [0.3, 0.4) is 0 Å². The average Bonchev–Trinajstić information content (AvgIpc) is 3.10. The number of nitrogens with two attached hydrogens (primary N) is 1. The third kappa shape index (κ3) is 5.06. The average molecular weight is 457 g/mol. The van der Waals surface area contributed by atoms with Gasteiger partial charge >= 0.3 is 5.97 Å². The van der Waals surface area contributed by atoms with Gasteiger partial charge in [0.05, 0.1) is 22.3 Å². The third-order valence-electron chi connectivity index (χ3n) is 3.92. The second kappa shape index (κ2) is 9.55. The molecule has 0 unspecified atom stereocenters. The molecule has 3 aromatic rings. The van der Waals surface area contributed by atoms with Gasteiger partial charge in [0.2, 0.25) is 5.95 Å². The Bertz CT molecular complexity index is 1040. The third-order valence-corrected chi connectivity index (χ3v) is 5.54. The Morgan fingerprint density at radius 3 is 2.69 bits per heavy atom. The van der Waals surface area contributed by atoms with Gasteiger partial charge in [-0.3, -0.25) is 0 Å². The maximum Gasteiger partial charge on any atom is 0.345 e. The molecule has 2 heterocycles. The quantitative estimate of drug-likeness (QED) is 0.418. The first kappa shape index (κ1) is 21.5. The highest BCUT2D eigenvalue weighted by Gasteiger charge is 2.19. The van der Waals surface area contributed by atoms with Crippen LogP contribution in [0, 0.1) is 0 Å².